The Morgan fingerprint density at radius 1 is 0.513 bits per heavy atom. The number of rotatable bonds is 3. The molecular formula is C35H21N3O. The number of nitrogens with zero attached hydrogens (tertiary/aromatic N) is 3. The van der Waals surface area contributed by atoms with Gasteiger partial charge < -0.3 is 0 Å². The van der Waals surface area contributed by atoms with Crippen molar-refractivity contribution < 1.29 is 0 Å². The summed E-state index contributed by atoms with van der Waals surface area (Å²) < 4.78 is 1.83. The van der Waals surface area contributed by atoms with Crippen molar-refractivity contribution in [2.75, 3.05) is 0 Å². The van der Waals surface area contributed by atoms with E-state index in [1.54, 1.807) is 0 Å². The third kappa shape index (κ3) is 3.28. The van der Waals surface area contributed by atoms with E-state index < -0.39 is 0 Å². The number of aromatic nitrogens is 3. The predicted octanol–water partition coefficient (Wildman–Crippen LogP) is 7.99. The topological polar surface area (TPSA) is 47.3 Å². The second-order valence-electron chi connectivity index (χ2n) is 9.83. The number of benzene rings is 4. The van der Waals surface area contributed by atoms with E-state index in [-0.39, 0.29) is 5.56 Å². The van der Waals surface area contributed by atoms with Crippen molar-refractivity contribution >= 4 is 38.1 Å². The van der Waals surface area contributed by atoms with Crippen LogP contribution in [0.25, 0.3) is 71.7 Å². The number of fused-ring (bicyclic) bond motifs is 5. The van der Waals surface area contributed by atoms with E-state index in [4.69, 9.17) is 9.97 Å². The average Bonchev–Trinajstić information content (AvgIpc) is 3.35. The first-order chi connectivity index (χ1) is 19.3. The van der Waals surface area contributed by atoms with Gasteiger partial charge in [0.1, 0.15) is 0 Å². The molecule has 4 aromatic heterocycles. The predicted molar refractivity (Wildman–Crippen MR) is 159 cm³/mol. The zero-order valence-electron chi connectivity index (χ0n) is 20.9. The largest absolute Gasteiger partial charge is 0.273 e. The van der Waals surface area contributed by atoms with Crippen LogP contribution in [0, 0.1) is 0 Å². The Kier molecular flexibility index (Phi) is 4.64. The van der Waals surface area contributed by atoms with Crippen molar-refractivity contribution in [1.82, 2.24) is 14.4 Å². The molecule has 0 fully saturated rings. The summed E-state index contributed by atoms with van der Waals surface area (Å²) in [5.74, 6) is 0. The van der Waals surface area contributed by atoms with E-state index >= 15 is 0 Å². The van der Waals surface area contributed by atoms with Crippen LogP contribution in [0.2, 0.25) is 0 Å². The maximum absolute atomic E-state index is 13.7. The van der Waals surface area contributed by atoms with Crippen molar-refractivity contribution in [3.8, 4) is 33.6 Å². The smallest absolute Gasteiger partial charge is 0.263 e. The highest BCUT2D eigenvalue weighted by Gasteiger charge is 2.18. The lowest BCUT2D eigenvalue weighted by molar-refractivity contribution is 1.20. The minimum Gasteiger partial charge on any atom is -0.273 e. The van der Waals surface area contributed by atoms with Crippen LogP contribution in [0.1, 0.15) is 0 Å². The lowest BCUT2D eigenvalue weighted by Crippen LogP contribution is -2.13. The van der Waals surface area contributed by atoms with Gasteiger partial charge in [0.25, 0.3) is 5.56 Å². The van der Waals surface area contributed by atoms with E-state index in [9.17, 15) is 4.79 Å². The minimum absolute atomic E-state index is 0.0134. The van der Waals surface area contributed by atoms with E-state index in [0.717, 1.165) is 66.4 Å². The van der Waals surface area contributed by atoms with Crippen molar-refractivity contribution in [2.45, 2.75) is 0 Å². The van der Waals surface area contributed by atoms with Gasteiger partial charge in [-0.15, -0.1) is 0 Å². The monoisotopic (exact) mass is 499 g/mol. The van der Waals surface area contributed by atoms with Gasteiger partial charge in [0.05, 0.1) is 27.9 Å². The number of hydrogen-bond acceptors (Lipinski definition) is 3. The highest BCUT2D eigenvalue weighted by molar-refractivity contribution is 6.19. The molecule has 0 aliphatic carbocycles. The third-order valence-corrected chi connectivity index (χ3v) is 7.59. The molecule has 0 unspecified atom stereocenters. The van der Waals surface area contributed by atoms with E-state index in [2.05, 4.69) is 54.6 Å². The second kappa shape index (κ2) is 8.33. The molecule has 0 amide bonds. The normalized spacial score (nSPS) is 11.7. The van der Waals surface area contributed by atoms with Crippen LogP contribution in [0.3, 0.4) is 0 Å². The second-order valence-corrected chi connectivity index (χ2v) is 9.83. The molecule has 0 spiro atoms. The first kappa shape index (κ1) is 21.7. The lowest BCUT2D eigenvalue weighted by atomic mass is 9.98. The summed E-state index contributed by atoms with van der Waals surface area (Å²) >= 11 is 0. The summed E-state index contributed by atoms with van der Waals surface area (Å²) in [5, 5.41) is 3.63. The van der Waals surface area contributed by atoms with Gasteiger partial charge in [0, 0.05) is 38.9 Å². The fourth-order valence-electron chi connectivity index (χ4n) is 5.76. The maximum atomic E-state index is 13.7. The fourth-order valence-corrected chi connectivity index (χ4v) is 5.76. The van der Waals surface area contributed by atoms with Crippen LogP contribution < -0.4 is 5.56 Å². The molecule has 4 nitrogen and oxygen atoms in total. The number of pyridine rings is 3. The quantitative estimate of drug-likeness (QED) is 0.232. The molecule has 0 radical (unpaired) electrons. The Morgan fingerprint density at radius 2 is 1.15 bits per heavy atom. The van der Waals surface area contributed by atoms with Crippen LogP contribution in [-0.4, -0.2) is 14.4 Å². The van der Waals surface area contributed by atoms with Gasteiger partial charge in [-0.25, -0.2) is 4.98 Å². The van der Waals surface area contributed by atoms with Crippen LogP contribution in [0.15, 0.2) is 132 Å². The van der Waals surface area contributed by atoms with Crippen molar-refractivity contribution in [3.05, 3.63) is 138 Å². The summed E-state index contributed by atoms with van der Waals surface area (Å²) in [5.41, 5.74) is 8.72. The summed E-state index contributed by atoms with van der Waals surface area (Å²) in [6.07, 6.45) is 1.84. The Bertz CT molecular complexity index is 2180. The molecule has 4 heteroatoms. The molecule has 0 aliphatic rings. The molecule has 0 saturated carbocycles. The Labute approximate surface area is 223 Å². The first-order valence-electron chi connectivity index (χ1n) is 13.0. The minimum atomic E-state index is -0.0134. The van der Waals surface area contributed by atoms with Gasteiger partial charge in [-0.05, 0) is 47.5 Å². The summed E-state index contributed by atoms with van der Waals surface area (Å²) in [6, 6.07) is 40.9. The van der Waals surface area contributed by atoms with Crippen LogP contribution in [-0.2, 0) is 0 Å². The molecule has 8 aromatic rings. The van der Waals surface area contributed by atoms with Gasteiger partial charge >= 0.3 is 0 Å². The molecule has 39 heavy (non-hydrogen) atoms. The zero-order chi connectivity index (χ0) is 25.9. The molecule has 4 heterocycles. The zero-order valence-corrected chi connectivity index (χ0v) is 20.9. The van der Waals surface area contributed by atoms with Gasteiger partial charge in [-0.3, -0.25) is 14.2 Å². The molecule has 0 N–H and O–H groups in total. The van der Waals surface area contributed by atoms with Crippen molar-refractivity contribution in [2.24, 2.45) is 0 Å². The van der Waals surface area contributed by atoms with E-state index in [0.29, 0.717) is 5.39 Å². The molecule has 0 atom stereocenters. The van der Waals surface area contributed by atoms with E-state index in [1.165, 1.54) is 0 Å². The molecule has 0 bridgehead atoms. The maximum Gasteiger partial charge on any atom is 0.263 e. The van der Waals surface area contributed by atoms with E-state index in [1.807, 2.05) is 77.3 Å². The fraction of sp³-hybridized carbons (Fsp3) is 0. The van der Waals surface area contributed by atoms with Crippen molar-refractivity contribution in [3.63, 3.8) is 0 Å². The summed E-state index contributed by atoms with van der Waals surface area (Å²) in [7, 11) is 0. The van der Waals surface area contributed by atoms with Gasteiger partial charge in [0.15, 0.2) is 0 Å². The molecule has 0 saturated heterocycles. The Balaban J connectivity index is 1.42. The molecule has 8 rings (SSSR count). The molecular weight excluding hydrogens is 478 g/mol. The molecule has 0 aliphatic heterocycles. The van der Waals surface area contributed by atoms with Gasteiger partial charge in [0.2, 0.25) is 0 Å². The van der Waals surface area contributed by atoms with Gasteiger partial charge in [-0.2, -0.15) is 0 Å². The lowest BCUT2D eigenvalue weighted by Gasteiger charge is -2.11. The Morgan fingerprint density at radius 3 is 1.85 bits per heavy atom. The van der Waals surface area contributed by atoms with Gasteiger partial charge in [-0.1, -0.05) is 84.9 Å². The first-order valence-corrected chi connectivity index (χ1v) is 13.0. The van der Waals surface area contributed by atoms with Crippen LogP contribution in [0.5, 0.6) is 0 Å². The van der Waals surface area contributed by atoms with Crippen LogP contribution >= 0.6 is 0 Å². The standard InChI is InChI=1S/C35H21N3O/c39-35-28-14-8-7-13-26(28)33-34-27(17-18-36-33)29-19-24(15-16-32(29)38(34)35)25-20-30(22-9-3-1-4-10-22)37-31(21-25)23-11-5-2-6-12-23/h1-21H. The molecule has 182 valence electrons. The third-order valence-electron chi connectivity index (χ3n) is 7.59. The number of hydrogen-bond donors (Lipinski definition) is 0. The SMILES string of the molecule is O=c1c2ccccc2c2nccc3c4cc(-c5cc(-c6ccccc6)nc(-c6ccccc6)c5)ccc4n1c32. The highest BCUT2D eigenvalue weighted by Crippen LogP contribution is 2.36. The summed E-state index contributed by atoms with van der Waals surface area (Å²) in [4.78, 5) is 23.4. The highest BCUT2D eigenvalue weighted by atomic mass is 16.1. The summed E-state index contributed by atoms with van der Waals surface area (Å²) in [6.45, 7) is 0. The van der Waals surface area contributed by atoms with Crippen molar-refractivity contribution in [1.29, 1.82) is 0 Å². The Hall–Kier alpha value is -5.35. The van der Waals surface area contributed by atoms with Crippen LogP contribution in [0.4, 0.5) is 0 Å². The molecule has 4 aromatic carbocycles. The average molecular weight is 500 g/mol.